The summed E-state index contributed by atoms with van der Waals surface area (Å²) in [6.45, 7) is 5.63. The van der Waals surface area contributed by atoms with Crippen LogP contribution in [-0.4, -0.2) is 63.7 Å². The second-order valence-corrected chi connectivity index (χ2v) is 5.19. The van der Waals surface area contributed by atoms with Crippen LogP contribution in [0.2, 0.25) is 0 Å². The summed E-state index contributed by atoms with van der Waals surface area (Å²) in [5, 5.41) is 7.93. The number of carbonyl (C=O) groups excluding carboxylic acids is 2. The molecule has 2 heterocycles. The van der Waals surface area contributed by atoms with Gasteiger partial charge in [0.15, 0.2) is 0 Å². The molecular weight excluding hydrogens is 268 g/mol. The molecule has 0 saturated carbocycles. The first-order valence-electron chi connectivity index (χ1n) is 6.02. The van der Waals surface area contributed by atoms with Gasteiger partial charge >= 0.3 is 0 Å². The van der Waals surface area contributed by atoms with E-state index in [1.807, 2.05) is 0 Å². The largest absolute Gasteiger partial charge is 0.416 e. The number of rotatable bonds is 3. The molecule has 0 bridgehead atoms. The minimum Gasteiger partial charge on any atom is -0.416 e. The number of carbonyl (C=O) groups is 2. The zero-order chi connectivity index (χ0) is 13.8. The standard InChI is InChI=1S/C11H16N4O3S/c1-8-12-13-11(18-8)19-7-10(17)15-5-3-14(4-6-15)9(2)16/h3-7H2,1-2H3. The molecule has 0 unspecified atom stereocenters. The lowest BCUT2D eigenvalue weighted by Gasteiger charge is -2.34. The predicted octanol–water partition coefficient (Wildman–Crippen LogP) is 0.161. The fourth-order valence-corrected chi connectivity index (χ4v) is 2.53. The van der Waals surface area contributed by atoms with Gasteiger partial charge in [0.1, 0.15) is 0 Å². The van der Waals surface area contributed by atoms with Crippen LogP contribution in [0.25, 0.3) is 0 Å². The van der Waals surface area contributed by atoms with Crippen molar-refractivity contribution in [3.63, 3.8) is 0 Å². The zero-order valence-corrected chi connectivity index (χ0v) is 11.8. The molecule has 19 heavy (non-hydrogen) atoms. The highest BCUT2D eigenvalue weighted by Crippen LogP contribution is 2.16. The van der Waals surface area contributed by atoms with Crippen molar-refractivity contribution in [2.45, 2.75) is 19.1 Å². The molecule has 0 aliphatic carbocycles. The van der Waals surface area contributed by atoms with Crippen LogP contribution in [0.15, 0.2) is 9.64 Å². The van der Waals surface area contributed by atoms with Crippen LogP contribution in [0.5, 0.6) is 0 Å². The summed E-state index contributed by atoms with van der Waals surface area (Å²) in [6.07, 6.45) is 0. The predicted molar refractivity (Wildman–Crippen MR) is 68.6 cm³/mol. The molecule has 1 fully saturated rings. The van der Waals surface area contributed by atoms with Crippen LogP contribution >= 0.6 is 11.8 Å². The number of hydrogen-bond donors (Lipinski definition) is 0. The third-order valence-electron chi connectivity index (χ3n) is 2.90. The average molecular weight is 284 g/mol. The molecule has 7 nitrogen and oxygen atoms in total. The van der Waals surface area contributed by atoms with Crippen LogP contribution in [0, 0.1) is 6.92 Å². The Morgan fingerprint density at radius 3 is 2.37 bits per heavy atom. The van der Waals surface area contributed by atoms with Gasteiger partial charge in [-0.05, 0) is 0 Å². The molecule has 1 aromatic heterocycles. The Morgan fingerprint density at radius 1 is 1.21 bits per heavy atom. The molecule has 1 aromatic rings. The number of aryl methyl sites for hydroxylation is 1. The van der Waals surface area contributed by atoms with Crippen LogP contribution in [0.3, 0.4) is 0 Å². The molecule has 0 N–H and O–H groups in total. The van der Waals surface area contributed by atoms with Crippen molar-refractivity contribution in [1.29, 1.82) is 0 Å². The first-order valence-corrected chi connectivity index (χ1v) is 7.01. The number of piperazine rings is 1. The Hall–Kier alpha value is -1.57. The molecular formula is C11H16N4O3S. The summed E-state index contributed by atoms with van der Waals surface area (Å²) in [5.74, 6) is 0.860. The Kier molecular flexibility index (Phi) is 4.41. The average Bonchev–Trinajstić information content (AvgIpc) is 2.82. The Labute approximate surface area is 115 Å². The molecule has 1 aliphatic rings. The van der Waals surface area contributed by atoms with Gasteiger partial charge in [-0.15, -0.1) is 10.2 Å². The van der Waals surface area contributed by atoms with Gasteiger partial charge in [0.05, 0.1) is 5.75 Å². The summed E-state index contributed by atoms with van der Waals surface area (Å²) < 4.78 is 5.19. The molecule has 1 aliphatic heterocycles. The fourth-order valence-electron chi connectivity index (χ4n) is 1.82. The molecule has 2 rings (SSSR count). The van der Waals surface area contributed by atoms with Gasteiger partial charge in [-0.2, -0.15) is 0 Å². The quantitative estimate of drug-likeness (QED) is 0.736. The Bertz CT molecular complexity index is 468. The van der Waals surface area contributed by atoms with Crippen LogP contribution in [-0.2, 0) is 9.59 Å². The van der Waals surface area contributed by atoms with Gasteiger partial charge in [0.25, 0.3) is 5.22 Å². The first kappa shape index (κ1) is 13.9. The smallest absolute Gasteiger partial charge is 0.277 e. The van der Waals surface area contributed by atoms with E-state index in [2.05, 4.69) is 10.2 Å². The van der Waals surface area contributed by atoms with Crippen molar-refractivity contribution in [1.82, 2.24) is 20.0 Å². The third-order valence-corrected chi connectivity index (χ3v) is 3.71. The van der Waals surface area contributed by atoms with Gasteiger partial charge < -0.3 is 14.2 Å². The molecule has 0 radical (unpaired) electrons. The van der Waals surface area contributed by atoms with E-state index in [1.165, 1.54) is 11.8 Å². The minimum absolute atomic E-state index is 0.0315. The van der Waals surface area contributed by atoms with Crippen molar-refractivity contribution >= 4 is 23.6 Å². The summed E-state index contributed by atoms with van der Waals surface area (Å²) in [5.41, 5.74) is 0. The van der Waals surface area contributed by atoms with E-state index in [0.717, 1.165) is 0 Å². The van der Waals surface area contributed by atoms with Crippen molar-refractivity contribution in [2.75, 3.05) is 31.9 Å². The fraction of sp³-hybridized carbons (Fsp3) is 0.636. The van der Waals surface area contributed by atoms with E-state index < -0.39 is 0 Å². The maximum atomic E-state index is 12.0. The van der Waals surface area contributed by atoms with Crippen molar-refractivity contribution in [3.05, 3.63) is 5.89 Å². The van der Waals surface area contributed by atoms with E-state index in [-0.39, 0.29) is 17.6 Å². The molecule has 104 valence electrons. The minimum atomic E-state index is 0.0315. The van der Waals surface area contributed by atoms with Crippen LogP contribution in [0.1, 0.15) is 12.8 Å². The van der Waals surface area contributed by atoms with Crippen molar-refractivity contribution < 1.29 is 14.0 Å². The maximum Gasteiger partial charge on any atom is 0.277 e. The molecule has 0 atom stereocenters. The highest BCUT2D eigenvalue weighted by Gasteiger charge is 2.22. The van der Waals surface area contributed by atoms with E-state index in [0.29, 0.717) is 37.3 Å². The highest BCUT2D eigenvalue weighted by molar-refractivity contribution is 7.99. The lowest BCUT2D eigenvalue weighted by Crippen LogP contribution is -2.50. The van der Waals surface area contributed by atoms with Gasteiger partial charge in [-0.25, -0.2) is 0 Å². The number of hydrogen-bond acceptors (Lipinski definition) is 6. The second-order valence-electron chi connectivity index (χ2n) is 4.26. The zero-order valence-electron chi connectivity index (χ0n) is 11.0. The normalized spacial score (nSPS) is 15.7. The first-order chi connectivity index (χ1) is 9.06. The summed E-state index contributed by atoms with van der Waals surface area (Å²) in [6, 6.07) is 0. The Morgan fingerprint density at radius 2 is 1.84 bits per heavy atom. The Balaban J connectivity index is 1.77. The van der Waals surface area contributed by atoms with E-state index in [4.69, 9.17) is 4.42 Å². The van der Waals surface area contributed by atoms with Crippen molar-refractivity contribution in [3.8, 4) is 0 Å². The lowest BCUT2D eigenvalue weighted by molar-refractivity contribution is -0.136. The highest BCUT2D eigenvalue weighted by atomic mass is 32.2. The summed E-state index contributed by atoms with van der Waals surface area (Å²) in [4.78, 5) is 26.7. The maximum absolute atomic E-state index is 12.0. The number of nitrogens with zero attached hydrogens (tertiary/aromatic N) is 4. The molecule has 0 aromatic carbocycles. The van der Waals surface area contributed by atoms with Crippen LogP contribution < -0.4 is 0 Å². The topological polar surface area (TPSA) is 79.5 Å². The summed E-state index contributed by atoms with van der Waals surface area (Å²) in [7, 11) is 0. The SMILES string of the molecule is CC(=O)N1CCN(C(=O)CSc2nnc(C)o2)CC1. The second kappa shape index (κ2) is 6.05. The van der Waals surface area contributed by atoms with E-state index in [1.54, 1.807) is 23.6 Å². The van der Waals surface area contributed by atoms with Crippen LogP contribution in [0.4, 0.5) is 0 Å². The molecule has 2 amide bonds. The molecule has 1 saturated heterocycles. The third kappa shape index (κ3) is 3.69. The van der Waals surface area contributed by atoms with Gasteiger partial charge in [0, 0.05) is 40.0 Å². The van der Waals surface area contributed by atoms with Gasteiger partial charge in [-0.1, -0.05) is 11.8 Å². The van der Waals surface area contributed by atoms with Gasteiger partial charge in [0.2, 0.25) is 17.7 Å². The lowest BCUT2D eigenvalue weighted by atomic mass is 10.3. The number of amides is 2. The van der Waals surface area contributed by atoms with E-state index in [9.17, 15) is 9.59 Å². The van der Waals surface area contributed by atoms with E-state index >= 15 is 0 Å². The van der Waals surface area contributed by atoms with Gasteiger partial charge in [-0.3, -0.25) is 9.59 Å². The number of thioether (sulfide) groups is 1. The summed E-state index contributed by atoms with van der Waals surface area (Å²) >= 11 is 1.24. The number of aromatic nitrogens is 2. The molecule has 8 heteroatoms. The molecule has 0 spiro atoms. The van der Waals surface area contributed by atoms with Crippen molar-refractivity contribution in [2.24, 2.45) is 0 Å². The monoisotopic (exact) mass is 284 g/mol.